The third-order valence-electron chi connectivity index (χ3n) is 4.54. The number of halogens is 2. The maximum Gasteiger partial charge on any atom is 0.269 e. The number of aryl methyl sites for hydroxylation is 1. The molecule has 0 unspecified atom stereocenters. The Morgan fingerprint density at radius 2 is 1.83 bits per heavy atom. The van der Waals surface area contributed by atoms with Gasteiger partial charge in [-0.3, -0.25) is 19.8 Å². The van der Waals surface area contributed by atoms with Crippen molar-refractivity contribution in [2.45, 2.75) is 13.3 Å². The van der Waals surface area contributed by atoms with Crippen LogP contribution in [-0.4, -0.2) is 47.9 Å². The molecular formula is C20H22Cl2N4O3S. The number of nitro groups is 1. The number of rotatable bonds is 7. The predicted octanol–water partition coefficient (Wildman–Crippen LogP) is 4.73. The summed E-state index contributed by atoms with van der Waals surface area (Å²) < 4.78 is 0.972. The molecule has 0 N–H and O–H groups in total. The number of carbonyl (C=O) groups is 1. The van der Waals surface area contributed by atoms with Gasteiger partial charge in [-0.2, -0.15) is 0 Å². The number of non-ortho nitro benzene ring substituents is 1. The third kappa shape index (κ3) is 5.46. The first kappa shape index (κ1) is 24.0. The smallest absolute Gasteiger partial charge is 0.269 e. The SMILES string of the molecule is Cc1c(Cl)ccc2sc(N(CCN(C)C)C(=O)Cc3ccc([N+](=O)[O-])cc3)nc12.Cl. The number of hydrogen-bond donors (Lipinski definition) is 0. The fourth-order valence-corrected chi connectivity index (χ4v) is 4.06. The first-order valence-corrected chi connectivity index (χ1v) is 10.2. The summed E-state index contributed by atoms with van der Waals surface area (Å²) in [6, 6.07) is 9.80. The summed E-state index contributed by atoms with van der Waals surface area (Å²) in [6.07, 6.45) is 0.140. The van der Waals surface area contributed by atoms with E-state index in [0.29, 0.717) is 23.2 Å². The lowest BCUT2D eigenvalue weighted by Gasteiger charge is -2.22. The number of nitro benzene ring substituents is 1. The van der Waals surface area contributed by atoms with E-state index in [4.69, 9.17) is 11.6 Å². The summed E-state index contributed by atoms with van der Waals surface area (Å²) in [5, 5.41) is 12.1. The van der Waals surface area contributed by atoms with Gasteiger partial charge < -0.3 is 4.90 Å². The van der Waals surface area contributed by atoms with Gasteiger partial charge in [0.05, 0.1) is 21.6 Å². The van der Waals surface area contributed by atoms with Crippen molar-refractivity contribution < 1.29 is 9.72 Å². The molecule has 30 heavy (non-hydrogen) atoms. The van der Waals surface area contributed by atoms with Crippen molar-refractivity contribution in [1.29, 1.82) is 0 Å². The number of likely N-dealkylation sites (N-methyl/N-ethyl adjacent to an activating group) is 1. The highest BCUT2D eigenvalue weighted by Gasteiger charge is 2.21. The molecule has 0 spiro atoms. The van der Waals surface area contributed by atoms with Gasteiger partial charge >= 0.3 is 0 Å². The second-order valence-electron chi connectivity index (χ2n) is 6.96. The molecule has 0 fully saturated rings. The zero-order valence-corrected chi connectivity index (χ0v) is 19.2. The summed E-state index contributed by atoms with van der Waals surface area (Å²) in [5.74, 6) is -0.108. The summed E-state index contributed by atoms with van der Waals surface area (Å²) >= 11 is 7.67. The lowest BCUT2D eigenvalue weighted by Crippen LogP contribution is -2.37. The van der Waals surface area contributed by atoms with Crippen molar-refractivity contribution in [2.24, 2.45) is 0 Å². The Hall–Kier alpha value is -2.26. The van der Waals surface area contributed by atoms with Crippen LogP contribution in [0.4, 0.5) is 10.8 Å². The normalized spacial score (nSPS) is 10.8. The molecule has 2 aromatic carbocycles. The highest BCUT2D eigenvalue weighted by Crippen LogP contribution is 2.33. The standard InChI is InChI=1S/C20H21ClN4O3S.ClH/c1-13-16(21)8-9-17-19(13)22-20(29-17)24(11-10-23(2)3)18(26)12-14-4-6-15(7-5-14)25(27)28;/h4-9H,10-12H2,1-3H3;1H. The maximum atomic E-state index is 13.1. The van der Waals surface area contributed by atoms with Crippen LogP contribution in [0.15, 0.2) is 36.4 Å². The number of amides is 1. The van der Waals surface area contributed by atoms with Crippen molar-refractivity contribution in [2.75, 3.05) is 32.1 Å². The average molecular weight is 469 g/mol. The van der Waals surface area contributed by atoms with E-state index in [1.54, 1.807) is 17.0 Å². The number of carbonyl (C=O) groups excluding carboxylic acids is 1. The van der Waals surface area contributed by atoms with Gasteiger partial charge in [-0.1, -0.05) is 35.1 Å². The third-order valence-corrected chi connectivity index (χ3v) is 5.99. The summed E-state index contributed by atoms with van der Waals surface area (Å²) in [7, 11) is 3.89. The first-order chi connectivity index (χ1) is 13.8. The quantitative estimate of drug-likeness (QED) is 0.369. The molecule has 3 aromatic rings. The zero-order chi connectivity index (χ0) is 21.1. The maximum absolute atomic E-state index is 13.1. The average Bonchev–Trinajstić information content (AvgIpc) is 3.10. The van der Waals surface area contributed by atoms with Crippen LogP contribution in [0.3, 0.4) is 0 Å². The lowest BCUT2D eigenvalue weighted by molar-refractivity contribution is -0.384. The molecular weight excluding hydrogens is 447 g/mol. The van der Waals surface area contributed by atoms with Gasteiger partial charge in [0, 0.05) is 30.2 Å². The van der Waals surface area contributed by atoms with Crippen LogP contribution in [0.25, 0.3) is 10.2 Å². The van der Waals surface area contributed by atoms with Gasteiger partial charge in [0.15, 0.2) is 5.13 Å². The number of anilines is 1. The number of hydrogen-bond acceptors (Lipinski definition) is 6. The Bertz CT molecular complexity index is 1050. The van der Waals surface area contributed by atoms with Crippen LogP contribution >= 0.6 is 35.3 Å². The fraction of sp³-hybridized carbons (Fsp3) is 0.300. The summed E-state index contributed by atoms with van der Waals surface area (Å²) in [5.41, 5.74) is 2.41. The molecule has 1 amide bonds. The number of aromatic nitrogens is 1. The number of nitrogens with zero attached hydrogens (tertiary/aromatic N) is 4. The predicted molar refractivity (Wildman–Crippen MR) is 124 cm³/mol. The molecule has 1 aromatic heterocycles. The van der Waals surface area contributed by atoms with Crippen molar-refractivity contribution in [3.05, 3.63) is 62.7 Å². The molecule has 7 nitrogen and oxygen atoms in total. The molecule has 0 radical (unpaired) electrons. The van der Waals surface area contributed by atoms with E-state index >= 15 is 0 Å². The minimum atomic E-state index is -0.455. The van der Waals surface area contributed by atoms with E-state index in [-0.39, 0.29) is 30.4 Å². The molecule has 0 bridgehead atoms. The van der Waals surface area contributed by atoms with E-state index in [1.807, 2.05) is 38.1 Å². The molecule has 0 saturated carbocycles. The van der Waals surface area contributed by atoms with Crippen LogP contribution < -0.4 is 4.90 Å². The fourth-order valence-electron chi connectivity index (χ4n) is 2.84. The van der Waals surface area contributed by atoms with E-state index in [2.05, 4.69) is 4.98 Å². The van der Waals surface area contributed by atoms with Crippen LogP contribution in [0.2, 0.25) is 5.02 Å². The van der Waals surface area contributed by atoms with Gasteiger partial charge in [-0.25, -0.2) is 4.98 Å². The Morgan fingerprint density at radius 3 is 2.43 bits per heavy atom. The molecule has 0 atom stereocenters. The van der Waals surface area contributed by atoms with Crippen molar-refractivity contribution in [3.63, 3.8) is 0 Å². The molecule has 10 heteroatoms. The van der Waals surface area contributed by atoms with Gasteiger partial charge in [-0.15, -0.1) is 12.4 Å². The van der Waals surface area contributed by atoms with Crippen LogP contribution in [-0.2, 0) is 11.2 Å². The monoisotopic (exact) mass is 468 g/mol. The summed E-state index contributed by atoms with van der Waals surface area (Å²) in [6.45, 7) is 3.09. The lowest BCUT2D eigenvalue weighted by atomic mass is 10.1. The Balaban J connectivity index is 0.00000320. The zero-order valence-electron chi connectivity index (χ0n) is 16.8. The second kappa shape index (κ2) is 10.2. The number of fused-ring (bicyclic) bond motifs is 1. The van der Waals surface area contributed by atoms with Gasteiger partial charge in [0.25, 0.3) is 5.69 Å². The van der Waals surface area contributed by atoms with Gasteiger partial charge in [0.2, 0.25) is 5.91 Å². The minimum absolute atomic E-state index is 0. The van der Waals surface area contributed by atoms with E-state index in [1.165, 1.54) is 23.5 Å². The van der Waals surface area contributed by atoms with E-state index in [0.717, 1.165) is 21.3 Å². The van der Waals surface area contributed by atoms with Crippen LogP contribution in [0, 0.1) is 17.0 Å². The van der Waals surface area contributed by atoms with Gasteiger partial charge in [0.1, 0.15) is 0 Å². The Kier molecular flexibility index (Phi) is 8.14. The topological polar surface area (TPSA) is 79.6 Å². The molecule has 0 saturated heterocycles. The van der Waals surface area contributed by atoms with E-state index in [9.17, 15) is 14.9 Å². The van der Waals surface area contributed by atoms with Crippen LogP contribution in [0.1, 0.15) is 11.1 Å². The van der Waals surface area contributed by atoms with Crippen LogP contribution in [0.5, 0.6) is 0 Å². The highest BCUT2D eigenvalue weighted by atomic mass is 35.5. The molecule has 160 valence electrons. The van der Waals surface area contributed by atoms with Crippen molar-refractivity contribution in [1.82, 2.24) is 9.88 Å². The first-order valence-electron chi connectivity index (χ1n) is 9.00. The molecule has 3 rings (SSSR count). The van der Waals surface area contributed by atoms with E-state index < -0.39 is 4.92 Å². The molecule has 1 heterocycles. The Labute approximate surface area is 189 Å². The number of benzene rings is 2. The van der Waals surface area contributed by atoms with Gasteiger partial charge in [-0.05, 0) is 44.3 Å². The second-order valence-corrected chi connectivity index (χ2v) is 8.38. The molecule has 0 aliphatic heterocycles. The van der Waals surface area contributed by atoms with Crippen molar-refractivity contribution in [3.8, 4) is 0 Å². The molecule has 0 aliphatic carbocycles. The molecule has 0 aliphatic rings. The van der Waals surface area contributed by atoms with Crippen molar-refractivity contribution >= 4 is 62.3 Å². The minimum Gasteiger partial charge on any atom is -0.308 e. The number of thiazole rings is 1. The highest BCUT2D eigenvalue weighted by molar-refractivity contribution is 7.22. The Morgan fingerprint density at radius 1 is 1.17 bits per heavy atom. The largest absolute Gasteiger partial charge is 0.308 e. The summed E-state index contributed by atoms with van der Waals surface area (Å²) in [4.78, 5) is 31.8.